The summed E-state index contributed by atoms with van der Waals surface area (Å²) in [6.07, 6.45) is 0. The maximum absolute atomic E-state index is 11.4. The van der Waals surface area contributed by atoms with Gasteiger partial charge >= 0.3 is 0 Å². The minimum atomic E-state index is -3.69. The number of primary sulfonamides is 1. The number of hydrogen-bond donors (Lipinski definition) is 1. The Labute approximate surface area is 141 Å². The van der Waals surface area contributed by atoms with E-state index in [1.165, 1.54) is 12.1 Å². The van der Waals surface area contributed by atoms with Crippen molar-refractivity contribution < 1.29 is 13.2 Å². The average molecular weight is 339 g/mol. The lowest BCUT2D eigenvalue weighted by Crippen LogP contribution is -2.11. The topological polar surface area (TPSA) is 69.4 Å². The summed E-state index contributed by atoms with van der Waals surface area (Å²) >= 11 is 0. The Kier molecular flexibility index (Phi) is 4.38. The lowest BCUT2D eigenvalue weighted by Gasteiger charge is -2.11. The van der Waals surface area contributed by atoms with Crippen molar-refractivity contribution in [3.05, 3.63) is 72.8 Å². The van der Waals surface area contributed by atoms with Crippen LogP contribution < -0.4 is 9.88 Å². The number of sulfonamides is 1. The van der Waals surface area contributed by atoms with Crippen molar-refractivity contribution in [2.75, 3.05) is 7.11 Å². The number of hydrogen-bond acceptors (Lipinski definition) is 3. The first kappa shape index (κ1) is 16.2. The number of benzene rings is 3. The maximum atomic E-state index is 11.4. The third-order valence-corrected chi connectivity index (χ3v) is 4.73. The molecule has 24 heavy (non-hydrogen) atoms. The number of nitrogens with two attached hydrogens (primary N) is 1. The lowest BCUT2D eigenvalue weighted by atomic mass is 9.94. The van der Waals surface area contributed by atoms with Crippen molar-refractivity contribution in [2.24, 2.45) is 5.14 Å². The zero-order valence-corrected chi connectivity index (χ0v) is 14.0. The molecular weight excluding hydrogens is 322 g/mol. The summed E-state index contributed by atoms with van der Waals surface area (Å²) in [5, 5.41) is 5.16. The Morgan fingerprint density at radius 2 is 1.42 bits per heavy atom. The fourth-order valence-corrected chi connectivity index (χ4v) is 3.12. The Morgan fingerprint density at radius 3 is 2.00 bits per heavy atom. The van der Waals surface area contributed by atoms with E-state index >= 15 is 0 Å². The fraction of sp³-hybridized carbons (Fsp3) is 0.0526. The quantitative estimate of drug-likeness (QED) is 0.788. The maximum Gasteiger partial charge on any atom is 0.238 e. The molecule has 0 radical (unpaired) electrons. The minimum absolute atomic E-state index is 0.102. The van der Waals surface area contributed by atoms with Crippen LogP contribution in [0.25, 0.3) is 22.3 Å². The third-order valence-electron chi connectivity index (χ3n) is 3.80. The summed E-state index contributed by atoms with van der Waals surface area (Å²) in [7, 11) is -2.05. The zero-order valence-electron chi connectivity index (χ0n) is 13.1. The largest absolute Gasteiger partial charge is 0.497 e. The molecule has 0 aliphatic carbocycles. The van der Waals surface area contributed by atoms with E-state index in [0.717, 1.165) is 28.0 Å². The molecule has 3 rings (SSSR count). The molecule has 5 heteroatoms. The van der Waals surface area contributed by atoms with Crippen molar-refractivity contribution in [2.45, 2.75) is 4.90 Å². The van der Waals surface area contributed by atoms with Crippen LogP contribution in [0.5, 0.6) is 5.75 Å². The molecule has 122 valence electrons. The zero-order chi connectivity index (χ0) is 17.2. The summed E-state index contributed by atoms with van der Waals surface area (Å²) < 4.78 is 28.1. The molecule has 0 amide bonds. The van der Waals surface area contributed by atoms with Crippen molar-refractivity contribution in [1.29, 1.82) is 0 Å². The molecule has 2 N–H and O–H groups in total. The van der Waals surface area contributed by atoms with Gasteiger partial charge in [-0.05, 0) is 46.5 Å². The molecule has 0 aromatic heterocycles. The first-order valence-electron chi connectivity index (χ1n) is 7.36. The molecule has 3 aromatic carbocycles. The molecule has 0 spiro atoms. The van der Waals surface area contributed by atoms with E-state index in [0.29, 0.717) is 0 Å². The van der Waals surface area contributed by atoms with Crippen LogP contribution in [-0.2, 0) is 10.0 Å². The standard InChI is InChI=1S/C19H17NO3S/c1-23-16-6-4-5-15(13-16)19-8-3-2-7-18(19)14-9-11-17(12-10-14)24(20,21)22/h2-13H,1H3,(H2,20,21,22). The second kappa shape index (κ2) is 6.47. The van der Waals surface area contributed by atoms with Crippen LogP contribution in [0.15, 0.2) is 77.7 Å². The summed E-state index contributed by atoms with van der Waals surface area (Å²) in [5.41, 5.74) is 3.99. The van der Waals surface area contributed by atoms with E-state index < -0.39 is 10.0 Å². The number of ether oxygens (including phenoxy) is 1. The molecule has 0 saturated heterocycles. The van der Waals surface area contributed by atoms with E-state index in [9.17, 15) is 8.42 Å². The van der Waals surface area contributed by atoms with Crippen molar-refractivity contribution >= 4 is 10.0 Å². The van der Waals surface area contributed by atoms with Gasteiger partial charge in [0.2, 0.25) is 10.0 Å². The Bertz CT molecular complexity index is 964. The van der Waals surface area contributed by atoms with E-state index in [2.05, 4.69) is 0 Å². The van der Waals surface area contributed by atoms with Crippen LogP contribution in [0.4, 0.5) is 0 Å². The van der Waals surface area contributed by atoms with Crippen LogP contribution in [0, 0.1) is 0 Å². The van der Waals surface area contributed by atoms with Crippen LogP contribution in [-0.4, -0.2) is 15.5 Å². The van der Waals surface area contributed by atoms with Gasteiger partial charge in [0.05, 0.1) is 12.0 Å². The molecule has 0 fully saturated rings. The second-order valence-electron chi connectivity index (χ2n) is 5.35. The van der Waals surface area contributed by atoms with E-state index in [-0.39, 0.29) is 4.90 Å². The summed E-state index contributed by atoms with van der Waals surface area (Å²) in [6, 6.07) is 22.3. The molecule has 0 atom stereocenters. The predicted molar refractivity (Wildman–Crippen MR) is 95.2 cm³/mol. The molecular formula is C19H17NO3S. The van der Waals surface area contributed by atoms with Gasteiger partial charge in [0.15, 0.2) is 0 Å². The second-order valence-corrected chi connectivity index (χ2v) is 6.91. The van der Waals surface area contributed by atoms with Crippen LogP contribution in [0.1, 0.15) is 0 Å². The molecule has 0 aliphatic rings. The first-order valence-corrected chi connectivity index (χ1v) is 8.90. The molecule has 0 bridgehead atoms. The molecule has 0 saturated carbocycles. The highest BCUT2D eigenvalue weighted by Crippen LogP contribution is 2.33. The monoisotopic (exact) mass is 339 g/mol. The van der Waals surface area contributed by atoms with Gasteiger partial charge in [-0.25, -0.2) is 13.6 Å². The molecule has 0 aliphatic heterocycles. The number of rotatable bonds is 4. The minimum Gasteiger partial charge on any atom is -0.497 e. The van der Waals surface area contributed by atoms with Gasteiger partial charge in [0.25, 0.3) is 0 Å². The Balaban J connectivity index is 2.09. The van der Waals surface area contributed by atoms with E-state index in [1.54, 1.807) is 19.2 Å². The van der Waals surface area contributed by atoms with Crippen molar-refractivity contribution in [3.63, 3.8) is 0 Å². The van der Waals surface area contributed by atoms with Gasteiger partial charge in [-0.3, -0.25) is 0 Å². The Hall–Kier alpha value is -2.63. The smallest absolute Gasteiger partial charge is 0.238 e. The highest BCUT2D eigenvalue weighted by atomic mass is 32.2. The highest BCUT2D eigenvalue weighted by molar-refractivity contribution is 7.89. The predicted octanol–water partition coefficient (Wildman–Crippen LogP) is 3.68. The van der Waals surface area contributed by atoms with Crippen LogP contribution in [0.2, 0.25) is 0 Å². The van der Waals surface area contributed by atoms with Gasteiger partial charge in [0, 0.05) is 0 Å². The fourth-order valence-electron chi connectivity index (χ4n) is 2.60. The van der Waals surface area contributed by atoms with Gasteiger partial charge in [-0.2, -0.15) is 0 Å². The van der Waals surface area contributed by atoms with E-state index in [1.807, 2.05) is 48.5 Å². The van der Waals surface area contributed by atoms with Crippen LogP contribution >= 0.6 is 0 Å². The summed E-state index contributed by atoms with van der Waals surface area (Å²) in [5.74, 6) is 0.784. The van der Waals surface area contributed by atoms with Crippen molar-refractivity contribution in [3.8, 4) is 28.0 Å². The highest BCUT2D eigenvalue weighted by Gasteiger charge is 2.10. The molecule has 3 aromatic rings. The van der Waals surface area contributed by atoms with Gasteiger partial charge < -0.3 is 4.74 Å². The molecule has 4 nitrogen and oxygen atoms in total. The van der Waals surface area contributed by atoms with E-state index in [4.69, 9.17) is 9.88 Å². The van der Waals surface area contributed by atoms with Gasteiger partial charge in [-0.15, -0.1) is 0 Å². The van der Waals surface area contributed by atoms with Crippen LogP contribution in [0.3, 0.4) is 0 Å². The normalized spacial score (nSPS) is 11.2. The lowest BCUT2D eigenvalue weighted by molar-refractivity contribution is 0.415. The third kappa shape index (κ3) is 3.32. The summed E-state index contributed by atoms with van der Waals surface area (Å²) in [6.45, 7) is 0. The van der Waals surface area contributed by atoms with Crippen molar-refractivity contribution in [1.82, 2.24) is 0 Å². The Morgan fingerprint density at radius 1 is 0.792 bits per heavy atom. The summed E-state index contributed by atoms with van der Waals surface area (Å²) in [4.78, 5) is 0.102. The SMILES string of the molecule is COc1cccc(-c2ccccc2-c2ccc(S(N)(=O)=O)cc2)c1. The molecule has 0 unspecified atom stereocenters. The average Bonchev–Trinajstić information content (AvgIpc) is 2.61. The van der Waals surface area contributed by atoms with Gasteiger partial charge in [-0.1, -0.05) is 48.5 Å². The van der Waals surface area contributed by atoms with Gasteiger partial charge in [0.1, 0.15) is 5.75 Å². The number of methoxy groups -OCH3 is 1. The first-order chi connectivity index (χ1) is 11.5. The molecule has 0 heterocycles.